The van der Waals surface area contributed by atoms with Crippen LogP contribution in [0.5, 0.6) is 0 Å². The standard InChI is InChI=1S/C22H38N6O5.H2O4S/c1-2-33-22(32)27-17(13-15-7-3-4-8-15)20(31)28-12-6-10-18(28)19(30)26-16(14-29)9-5-11-25-21(23)24;1-5(2,3)4/h14-18H,2-13H2,1H3,(H,26,30)(H,27,32)(H4,23,24,25);(H2,1,2,3,4)/t16-,17+,18-;/m0./s1. The second-order valence-corrected chi connectivity index (χ2v) is 10.0. The summed E-state index contributed by atoms with van der Waals surface area (Å²) in [5.41, 5.74) is 10.6. The van der Waals surface area contributed by atoms with Crippen molar-refractivity contribution in [2.24, 2.45) is 22.4 Å². The quantitative estimate of drug-likeness (QED) is 0.0593. The molecule has 1 aliphatic heterocycles. The monoisotopic (exact) mass is 564 g/mol. The molecule has 218 valence electrons. The Hall–Kier alpha value is -2.98. The van der Waals surface area contributed by atoms with Crippen LogP contribution in [0, 0.1) is 5.92 Å². The van der Waals surface area contributed by atoms with E-state index in [1.165, 1.54) is 4.90 Å². The number of amides is 3. The molecule has 3 atom stereocenters. The van der Waals surface area contributed by atoms with E-state index in [1.54, 1.807) is 6.92 Å². The van der Waals surface area contributed by atoms with E-state index < -0.39 is 34.6 Å². The fraction of sp³-hybridized carbons (Fsp3) is 0.773. The molecule has 3 amide bonds. The fourth-order valence-electron chi connectivity index (χ4n) is 4.59. The topological polar surface area (TPSA) is 244 Å². The average molecular weight is 565 g/mol. The number of guanidine groups is 1. The predicted octanol–water partition coefficient (Wildman–Crippen LogP) is -0.243. The largest absolute Gasteiger partial charge is 0.450 e. The predicted molar refractivity (Wildman–Crippen MR) is 137 cm³/mol. The number of ether oxygens (including phenoxy) is 1. The van der Waals surface area contributed by atoms with Gasteiger partial charge in [-0.05, 0) is 44.9 Å². The van der Waals surface area contributed by atoms with E-state index >= 15 is 0 Å². The highest BCUT2D eigenvalue weighted by atomic mass is 32.3. The molecule has 1 aliphatic carbocycles. The molecule has 1 heterocycles. The highest BCUT2D eigenvalue weighted by Crippen LogP contribution is 2.30. The number of carbonyl (C=O) groups is 4. The zero-order valence-electron chi connectivity index (χ0n) is 21.6. The van der Waals surface area contributed by atoms with Crippen molar-refractivity contribution in [3.8, 4) is 0 Å². The van der Waals surface area contributed by atoms with Crippen molar-refractivity contribution < 1.29 is 41.4 Å². The SMILES string of the molecule is CCOC(=O)N[C@H](CC1CCCC1)C(=O)N1CCC[C@H]1C(=O)N[C@H](C=O)CCCN=C(N)N.O=S(=O)(O)O. The summed E-state index contributed by atoms with van der Waals surface area (Å²) in [6.45, 7) is 2.70. The van der Waals surface area contributed by atoms with Crippen molar-refractivity contribution in [2.45, 2.75) is 82.8 Å². The number of aliphatic imine (C=N–C) groups is 1. The minimum Gasteiger partial charge on any atom is -0.450 e. The number of likely N-dealkylation sites (tertiary alicyclic amines) is 1. The Morgan fingerprint density at radius 2 is 1.76 bits per heavy atom. The van der Waals surface area contributed by atoms with Gasteiger partial charge in [0, 0.05) is 13.1 Å². The van der Waals surface area contributed by atoms with E-state index in [2.05, 4.69) is 15.6 Å². The molecule has 0 spiro atoms. The maximum atomic E-state index is 13.4. The van der Waals surface area contributed by atoms with E-state index in [-0.39, 0.29) is 24.4 Å². The van der Waals surface area contributed by atoms with Crippen LogP contribution in [0.15, 0.2) is 4.99 Å². The first-order chi connectivity index (χ1) is 17.8. The van der Waals surface area contributed by atoms with Crippen molar-refractivity contribution in [3.63, 3.8) is 0 Å². The first-order valence-electron chi connectivity index (χ1n) is 12.6. The lowest BCUT2D eigenvalue weighted by atomic mass is 9.97. The van der Waals surface area contributed by atoms with Crippen molar-refractivity contribution in [3.05, 3.63) is 0 Å². The number of hydrogen-bond acceptors (Lipinski definition) is 8. The van der Waals surface area contributed by atoms with Crippen molar-refractivity contribution in [1.29, 1.82) is 0 Å². The van der Waals surface area contributed by atoms with Crippen molar-refractivity contribution in [1.82, 2.24) is 15.5 Å². The second kappa shape index (κ2) is 16.8. The zero-order valence-corrected chi connectivity index (χ0v) is 22.4. The van der Waals surface area contributed by atoms with E-state index in [0.29, 0.717) is 57.4 Å². The summed E-state index contributed by atoms with van der Waals surface area (Å²) in [7, 11) is -4.67. The third-order valence-corrected chi connectivity index (χ3v) is 6.21. The molecule has 1 saturated carbocycles. The van der Waals surface area contributed by atoms with Crippen LogP contribution < -0.4 is 22.1 Å². The molecule has 0 radical (unpaired) electrons. The van der Waals surface area contributed by atoms with Crippen LogP contribution in [0.25, 0.3) is 0 Å². The normalized spacial score (nSPS) is 18.9. The molecule has 2 fully saturated rings. The highest BCUT2D eigenvalue weighted by molar-refractivity contribution is 7.79. The first kappa shape index (κ1) is 33.0. The molecule has 0 aromatic heterocycles. The zero-order chi connectivity index (χ0) is 28.7. The van der Waals surface area contributed by atoms with Gasteiger partial charge in [0.15, 0.2) is 5.96 Å². The second-order valence-electron chi connectivity index (χ2n) is 9.14. The molecule has 38 heavy (non-hydrogen) atoms. The summed E-state index contributed by atoms with van der Waals surface area (Å²) in [5.74, 6) is -0.302. The molecular weight excluding hydrogens is 524 g/mol. The van der Waals surface area contributed by atoms with Gasteiger partial charge in [0.2, 0.25) is 11.8 Å². The summed E-state index contributed by atoms with van der Waals surface area (Å²) in [4.78, 5) is 55.2. The van der Waals surface area contributed by atoms with E-state index in [0.717, 1.165) is 25.7 Å². The molecule has 0 unspecified atom stereocenters. The molecule has 8 N–H and O–H groups in total. The third-order valence-electron chi connectivity index (χ3n) is 6.21. The van der Waals surface area contributed by atoms with Crippen LogP contribution in [0.1, 0.15) is 64.7 Å². The van der Waals surface area contributed by atoms with Gasteiger partial charge in [0.25, 0.3) is 0 Å². The molecule has 0 aromatic carbocycles. The summed E-state index contributed by atoms with van der Waals surface area (Å²) in [5, 5.41) is 5.43. The van der Waals surface area contributed by atoms with Crippen molar-refractivity contribution in [2.75, 3.05) is 19.7 Å². The Kier molecular flexibility index (Phi) is 14.6. The van der Waals surface area contributed by atoms with Crippen LogP contribution in [0.2, 0.25) is 0 Å². The fourth-order valence-corrected chi connectivity index (χ4v) is 4.59. The third kappa shape index (κ3) is 13.5. The number of rotatable bonds is 12. The highest BCUT2D eigenvalue weighted by Gasteiger charge is 2.39. The van der Waals surface area contributed by atoms with E-state index in [9.17, 15) is 19.2 Å². The number of alkyl carbamates (subject to hydrolysis) is 1. The molecule has 0 aromatic rings. The minimum absolute atomic E-state index is 0.0228. The Morgan fingerprint density at radius 3 is 2.32 bits per heavy atom. The molecule has 2 rings (SSSR count). The Bertz CT molecular complexity index is 912. The number of aldehydes is 1. The summed E-state index contributed by atoms with van der Waals surface area (Å²) in [6.07, 6.45) is 6.98. The van der Waals surface area contributed by atoms with E-state index in [1.807, 2.05) is 0 Å². The average Bonchev–Trinajstić information content (AvgIpc) is 3.51. The molecule has 16 heteroatoms. The number of nitrogens with one attached hydrogen (secondary N) is 2. The van der Waals surface area contributed by atoms with Crippen LogP contribution in [-0.4, -0.2) is 90.4 Å². The molecule has 0 bridgehead atoms. The smallest absolute Gasteiger partial charge is 0.407 e. The Balaban J connectivity index is 0.00000132. The Labute approximate surface area is 222 Å². The van der Waals surface area contributed by atoms with Gasteiger partial charge in [-0.25, -0.2) is 4.79 Å². The van der Waals surface area contributed by atoms with Crippen LogP contribution in [0.3, 0.4) is 0 Å². The molecule has 15 nitrogen and oxygen atoms in total. The number of nitrogens with two attached hydrogens (primary N) is 2. The molecule has 2 aliphatic rings. The maximum Gasteiger partial charge on any atom is 0.407 e. The van der Waals surface area contributed by atoms with Crippen molar-refractivity contribution >= 4 is 40.6 Å². The van der Waals surface area contributed by atoms with Crippen LogP contribution >= 0.6 is 0 Å². The van der Waals surface area contributed by atoms with Gasteiger partial charge >= 0.3 is 16.5 Å². The minimum atomic E-state index is -4.67. The van der Waals surface area contributed by atoms with Gasteiger partial charge in [-0.1, -0.05) is 25.7 Å². The van der Waals surface area contributed by atoms with Gasteiger partial charge in [0.05, 0.1) is 12.6 Å². The maximum absolute atomic E-state index is 13.4. The number of carbonyl (C=O) groups excluding carboxylic acids is 4. The summed E-state index contributed by atoms with van der Waals surface area (Å²) in [6, 6.07) is -2.09. The number of hydrogen-bond donors (Lipinski definition) is 6. The number of nitrogens with zero attached hydrogens (tertiary/aromatic N) is 2. The van der Waals surface area contributed by atoms with Gasteiger partial charge in [-0.15, -0.1) is 0 Å². The van der Waals surface area contributed by atoms with E-state index in [4.69, 9.17) is 33.7 Å². The summed E-state index contributed by atoms with van der Waals surface area (Å²) >= 11 is 0. The van der Waals surface area contributed by atoms with Gasteiger partial charge in [-0.2, -0.15) is 8.42 Å². The van der Waals surface area contributed by atoms with Gasteiger partial charge < -0.3 is 36.5 Å². The Morgan fingerprint density at radius 1 is 1.13 bits per heavy atom. The lowest BCUT2D eigenvalue weighted by molar-refractivity contribution is -0.140. The summed E-state index contributed by atoms with van der Waals surface area (Å²) < 4.78 is 36.6. The lowest BCUT2D eigenvalue weighted by Crippen LogP contribution is -2.55. The van der Waals surface area contributed by atoms with Crippen LogP contribution in [-0.2, 0) is 29.5 Å². The van der Waals surface area contributed by atoms with Crippen LogP contribution in [0.4, 0.5) is 4.79 Å². The molecular formula is C22H40N6O9S. The van der Waals surface area contributed by atoms with Gasteiger partial charge in [0.1, 0.15) is 18.4 Å². The van der Waals surface area contributed by atoms with Gasteiger partial charge in [-0.3, -0.25) is 23.7 Å². The molecule has 1 saturated heterocycles. The lowest BCUT2D eigenvalue weighted by Gasteiger charge is -2.30. The first-order valence-corrected chi connectivity index (χ1v) is 14.0.